The highest BCUT2D eigenvalue weighted by Gasteiger charge is 2.35. The summed E-state index contributed by atoms with van der Waals surface area (Å²) in [6.45, 7) is 0. The maximum atomic E-state index is 12.2. The van der Waals surface area contributed by atoms with Crippen molar-refractivity contribution < 1.29 is 34.1 Å². The van der Waals surface area contributed by atoms with E-state index < -0.39 is 23.6 Å². The predicted octanol–water partition coefficient (Wildman–Crippen LogP) is -5.06. The topological polar surface area (TPSA) is 120 Å². The van der Waals surface area contributed by atoms with Gasteiger partial charge in [-0.05, 0) is 0 Å². The average Bonchev–Trinajstić information content (AvgIpc) is 1.84. The first kappa shape index (κ1) is 9.34. The highest BCUT2D eigenvalue weighted by atomic mass is 19.1. The van der Waals surface area contributed by atoms with E-state index in [0.717, 1.165) is 0 Å². The Morgan fingerprint density at radius 2 is 1.09 bits per heavy atom. The fraction of sp³-hybridized carbons (Fsp3) is 0.250. The third kappa shape index (κ3) is 1.26. The molecule has 0 rings (SSSR count). The second kappa shape index (κ2) is 2.52. The number of rotatable bonds is 3. The third-order valence-corrected chi connectivity index (χ3v) is 0.844. The molecule has 0 aliphatic carbocycles. The molecule has 7 heteroatoms. The van der Waals surface area contributed by atoms with E-state index in [1.54, 1.807) is 0 Å². The Hall–Kier alpha value is -1.66. The maximum absolute atomic E-state index is 12.2. The van der Waals surface area contributed by atoms with E-state index in [2.05, 4.69) is 0 Å². The molecule has 0 saturated carbocycles. The summed E-state index contributed by atoms with van der Waals surface area (Å²) in [5, 5.41) is 28.7. The Labute approximate surface area is 58.9 Å². The minimum atomic E-state index is -4.58. The first-order valence-electron chi connectivity index (χ1n) is 2.16. The van der Waals surface area contributed by atoms with Crippen LogP contribution in [0.5, 0.6) is 0 Å². The molecule has 0 heterocycles. The van der Waals surface area contributed by atoms with Gasteiger partial charge in [0.15, 0.2) is 0 Å². The molecule has 0 spiro atoms. The largest absolute Gasteiger partial charge is 0.546 e. The van der Waals surface area contributed by atoms with Crippen molar-refractivity contribution in [3.63, 3.8) is 0 Å². The first-order chi connectivity index (χ1) is 4.83. The number of alkyl halides is 1. The molecular formula is C4FO6-3. The SMILES string of the molecule is O=C([O-])C(F)(C(=O)[O-])C(=O)[O-]. The van der Waals surface area contributed by atoms with Gasteiger partial charge in [0.05, 0.1) is 17.9 Å². The van der Waals surface area contributed by atoms with Gasteiger partial charge in [-0.1, -0.05) is 0 Å². The number of carboxylic acids is 3. The number of carbonyl (C=O) groups is 3. The number of hydrogen-bond acceptors (Lipinski definition) is 6. The summed E-state index contributed by atoms with van der Waals surface area (Å²) in [5.41, 5.74) is -4.58. The van der Waals surface area contributed by atoms with Gasteiger partial charge in [-0.25, -0.2) is 4.39 Å². The van der Waals surface area contributed by atoms with Crippen molar-refractivity contribution in [2.45, 2.75) is 5.67 Å². The van der Waals surface area contributed by atoms with E-state index >= 15 is 0 Å². The van der Waals surface area contributed by atoms with Crippen molar-refractivity contribution in [2.24, 2.45) is 0 Å². The Morgan fingerprint density at radius 3 is 1.09 bits per heavy atom. The van der Waals surface area contributed by atoms with Crippen LogP contribution in [0.3, 0.4) is 0 Å². The van der Waals surface area contributed by atoms with Crippen LogP contribution in [0.4, 0.5) is 4.39 Å². The predicted molar refractivity (Wildman–Crippen MR) is 18.9 cm³/mol. The van der Waals surface area contributed by atoms with Gasteiger partial charge in [0.1, 0.15) is 0 Å². The zero-order valence-corrected chi connectivity index (χ0v) is 4.83. The van der Waals surface area contributed by atoms with E-state index in [1.165, 1.54) is 0 Å². The molecule has 0 aliphatic heterocycles. The summed E-state index contributed by atoms with van der Waals surface area (Å²) in [6, 6.07) is 0. The summed E-state index contributed by atoms with van der Waals surface area (Å²) >= 11 is 0. The molecule has 62 valence electrons. The van der Waals surface area contributed by atoms with Crippen molar-refractivity contribution in [1.82, 2.24) is 0 Å². The number of halogens is 1. The molecule has 6 nitrogen and oxygen atoms in total. The Bertz CT molecular complexity index is 185. The van der Waals surface area contributed by atoms with Gasteiger partial charge in [-0.2, -0.15) is 0 Å². The summed E-state index contributed by atoms with van der Waals surface area (Å²) in [7, 11) is 0. The van der Waals surface area contributed by atoms with Crippen molar-refractivity contribution in [1.29, 1.82) is 0 Å². The molecule has 0 aromatic heterocycles. The molecule has 0 amide bonds. The van der Waals surface area contributed by atoms with Crippen molar-refractivity contribution in [3.05, 3.63) is 0 Å². The third-order valence-electron chi connectivity index (χ3n) is 0.844. The quantitative estimate of drug-likeness (QED) is 0.384. The van der Waals surface area contributed by atoms with Gasteiger partial charge in [0, 0.05) is 0 Å². The Balaban J connectivity index is 4.99. The van der Waals surface area contributed by atoms with Crippen molar-refractivity contribution in [2.75, 3.05) is 0 Å². The molecule has 0 unspecified atom stereocenters. The summed E-state index contributed by atoms with van der Waals surface area (Å²) < 4.78 is 12.2. The van der Waals surface area contributed by atoms with Crippen LogP contribution in [0.25, 0.3) is 0 Å². The molecular weight excluding hydrogens is 163 g/mol. The fourth-order valence-electron chi connectivity index (χ4n) is 0.250. The highest BCUT2D eigenvalue weighted by Crippen LogP contribution is 2.06. The molecule has 0 atom stereocenters. The zero-order chi connectivity index (χ0) is 9.23. The van der Waals surface area contributed by atoms with Crippen LogP contribution >= 0.6 is 0 Å². The van der Waals surface area contributed by atoms with Gasteiger partial charge < -0.3 is 29.7 Å². The molecule has 0 radical (unpaired) electrons. The number of hydrogen-bond donors (Lipinski definition) is 0. The van der Waals surface area contributed by atoms with Gasteiger partial charge in [-0.3, -0.25) is 0 Å². The second-order valence-corrected chi connectivity index (χ2v) is 1.52. The van der Waals surface area contributed by atoms with E-state index in [0.29, 0.717) is 0 Å². The minimum Gasteiger partial charge on any atom is -0.546 e. The van der Waals surface area contributed by atoms with Crippen molar-refractivity contribution in [3.8, 4) is 0 Å². The Morgan fingerprint density at radius 1 is 0.909 bits per heavy atom. The van der Waals surface area contributed by atoms with E-state index in [-0.39, 0.29) is 0 Å². The van der Waals surface area contributed by atoms with Crippen LogP contribution in [0.2, 0.25) is 0 Å². The van der Waals surface area contributed by atoms with E-state index in [4.69, 9.17) is 0 Å². The maximum Gasteiger partial charge on any atom is 0.228 e. The van der Waals surface area contributed by atoms with Gasteiger partial charge in [0.25, 0.3) is 0 Å². The molecule has 0 fully saturated rings. The molecule has 11 heavy (non-hydrogen) atoms. The van der Waals surface area contributed by atoms with Gasteiger partial charge >= 0.3 is 0 Å². The molecule has 0 aromatic carbocycles. The summed E-state index contributed by atoms with van der Waals surface area (Å²) in [4.78, 5) is 28.7. The molecule has 0 saturated heterocycles. The number of aliphatic carboxylic acids is 3. The minimum absolute atomic E-state index is 2.93. The molecule has 0 N–H and O–H groups in total. The van der Waals surface area contributed by atoms with Gasteiger partial charge in [-0.15, -0.1) is 0 Å². The van der Waals surface area contributed by atoms with E-state index in [9.17, 15) is 34.1 Å². The average molecular weight is 163 g/mol. The molecule has 0 aromatic rings. The van der Waals surface area contributed by atoms with Crippen LogP contribution in [0.15, 0.2) is 0 Å². The van der Waals surface area contributed by atoms with E-state index in [1.807, 2.05) is 0 Å². The lowest BCUT2D eigenvalue weighted by molar-refractivity contribution is -0.360. The molecule has 0 bridgehead atoms. The molecule has 0 aliphatic rings. The zero-order valence-electron chi connectivity index (χ0n) is 4.83. The van der Waals surface area contributed by atoms with Crippen LogP contribution in [0.1, 0.15) is 0 Å². The fourth-order valence-corrected chi connectivity index (χ4v) is 0.250. The van der Waals surface area contributed by atoms with Crippen molar-refractivity contribution >= 4 is 17.9 Å². The smallest absolute Gasteiger partial charge is 0.228 e. The summed E-state index contributed by atoms with van der Waals surface area (Å²) in [6.07, 6.45) is 0. The van der Waals surface area contributed by atoms with Gasteiger partial charge in [0.2, 0.25) is 5.67 Å². The normalized spacial score (nSPS) is 10.6. The monoisotopic (exact) mass is 163 g/mol. The standard InChI is InChI=1S/C4H3FO6/c5-4(1(6)7,2(8)9)3(10)11/h(H,6,7)(H,8,9)(H,10,11)/p-3. The number of carbonyl (C=O) groups excluding carboxylic acids is 3. The van der Waals surface area contributed by atoms with Crippen LogP contribution < -0.4 is 15.3 Å². The van der Waals surface area contributed by atoms with Crippen LogP contribution in [-0.4, -0.2) is 23.6 Å². The lowest BCUT2D eigenvalue weighted by atomic mass is 10.1. The van der Waals surface area contributed by atoms with Crippen LogP contribution in [0, 0.1) is 0 Å². The summed E-state index contributed by atoms with van der Waals surface area (Å²) in [5.74, 6) is -8.80. The highest BCUT2D eigenvalue weighted by molar-refractivity contribution is 6.18. The first-order valence-corrected chi connectivity index (χ1v) is 2.16. The number of carboxylic acid groups (broad SMARTS) is 3. The Kier molecular flexibility index (Phi) is 2.14. The lowest BCUT2D eigenvalue weighted by Crippen LogP contribution is -2.65. The second-order valence-electron chi connectivity index (χ2n) is 1.52. The van der Waals surface area contributed by atoms with Crippen LogP contribution in [-0.2, 0) is 14.4 Å². The lowest BCUT2D eigenvalue weighted by Gasteiger charge is -2.27.